The molecule has 1 aromatic rings. The number of benzene rings is 1. The molecule has 0 bridgehead atoms. The SMILES string of the molecule is N=C(N)NCCC[C@H](NC(=O)[C@@H](N)CO)C(=O)N[C@@H](Cc1ccc(O)cc1)C(=O)O. The van der Waals surface area contributed by atoms with Gasteiger partial charge in [0.25, 0.3) is 0 Å². The van der Waals surface area contributed by atoms with Gasteiger partial charge in [-0.05, 0) is 30.5 Å². The van der Waals surface area contributed by atoms with E-state index in [0.29, 0.717) is 12.0 Å². The number of rotatable bonds is 12. The molecule has 30 heavy (non-hydrogen) atoms. The molecule has 0 aromatic heterocycles. The van der Waals surface area contributed by atoms with Crippen molar-refractivity contribution in [1.29, 1.82) is 5.41 Å². The molecule has 0 unspecified atom stereocenters. The maximum atomic E-state index is 12.7. The fourth-order valence-corrected chi connectivity index (χ4v) is 2.50. The van der Waals surface area contributed by atoms with E-state index >= 15 is 0 Å². The third-order valence-electron chi connectivity index (χ3n) is 4.14. The van der Waals surface area contributed by atoms with Gasteiger partial charge in [0.15, 0.2) is 5.96 Å². The summed E-state index contributed by atoms with van der Waals surface area (Å²) in [4.78, 5) is 36.2. The number of amides is 2. The van der Waals surface area contributed by atoms with Crippen LogP contribution in [0.2, 0.25) is 0 Å². The van der Waals surface area contributed by atoms with E-state index in [-0.39, 0.29) is 31.1 Å². The van der Waals surface area contributed by atoms with E-state index in [1.807, 2.05) is 0 Å². The van der Waals surface area contributed by atoms with E-state index in [9.17, 15) is 24.6 Å². The molecule has 0 fully saturated rings. The number of carboxylic acids is 1. The predicted molar refractivity (Wildman–Crippen MR) is 108 cm³/mol. The zero-order chi connectivity index (χ0) is 22.7. The van der Waals surface area contributed by atoms with Crippen LogP contribution >= 0.6 is 0 Å². The van der Waals surface area contributed by atoms with Crippen molar-refractivity contribution in [3.05, 3.63) is 29.8 Å². The highest BCUT2D eigenvalue weighted by molar-refractivity contribution is 5.91. The van der Waals surface area contributed by atoms with Crippen LogP contribution in [0.25, 0.3) is 0 Å². The number of nitrogens with one attached hydrogen (secondary N) is 4. The van der Waals surface area contributed by atoms with Gasteiger partial charge in [0, 0.05) is 13.0 Å². The molecule has 12 nitrogen and oxygen atoms in total. The second-order valence-corrected chi connectivity index (χ2v) is 6.60. The van der Waals surface area contributed by atoms with E-state index in [1.165, 1.54) is 24.3 Å². The second kappa shape index (κ2) is 12.2. The van der Waals surface area contributed by atoms with Crippen LogP contribution in [0.1, 0.15) is 18.4 Å². The molecule has 0 aliphatic rings. The molecule has 12 heteroatoms. The van der Waals surface area contributed by atoms with Gasteiger partial charge in [0.2, 0.25) is 11.8 Å². The van der Waals surface area contributed by atoms with Crippen LogP contribution in [-0.4, -0.2) is 70.3 Å². The van der Waals surface area contributed by atoms with Crippen molar-refractivity contribution in [2.75, 3.05) is 13.2 Å². The Kier molecular flexibility index (Phi) is 10.1. The van der Waals surface area contributed by atoms with E-state index < -0.39 is 42.5 Å². The Hall–Kier alpha value is -3.38. The maximum Gasteiger partial charge on any atom is 0.326 e. The van der Waals surface area contributed by atoms with Crippen LogP contribution in [0.15, 0.2) is 24.3 Å². The number of aliphatic hydroxyl groups is 1. The quantitative estimate of drug-likeness (QED) is 0.0986. The Morgan fingerprint density at radius 3 is 2.20 bits per heavy atom. The van der Waals surface area contributed by atoms with Crippen molar-refractivity contribution < 1.29 is 29.7 Å². The van der Waals surface area contributed by atoms with Crippen molar-refractivity contribution in [2.24, 2.45) is 11.5 Å². The van der Waals surface area contributed by atoms with Crippen LogP contribution in [0.3, 0.4) is 0 Å². The normalized spacial score (nSPS) is 13.5. The summed E-state index contributed by atoms with van der Waals surface area (Å²) in [5, 5.41) is 42.2. The zero-order valence-electron chi connectivity index (χ0n) is 16.3. The van der Waals surface area contributed by atoms with Gasteiger partial charge in [-0.2, -0.15) is 0 Å². The van der Waals surface area contributed by atoms with Crippen molar-refractivity contribution in [3.8, 4) is 5.75 Å². The first-order chi connectivity index (χ1) is 14.1. The summed E-state index contributed by atoms with van der Waals surface area (Å²) in [6.45, 7) is -0.360. The molecule has 0 saturated carbocycles. The summed E-state index contributed by atoms with van der Waals surface area (Å²) in [7, 11) is 0. The number of carbonyl (C=O) groups excluding carboxylic acids is 2. The van der Waals surface area contributed by atoms with Crippen LogP contribution < -0.4 is 27.4 Å². The van der Waals surface area contributed by atoms with Gasteiger partial charge < -0.3 is 42.7 Å². The highest BCUT2D eigenvalue weighted by Crippen LogP contribution is 2.12. The first-order valence-electron chi connectivity index (χ1n) is 9.19. The molecule has 1 rings (SSSR count). The number of aliphatic hydroxyl groups excluding tert-OH is 1. The number of phenolic OH excluding ortho intramolecular Hbond substituents is 1. The number of aliphatic carboxylic acids is 1. The van der Waals surface area contributed by atoms with Crippen LogP contribution in [0.4, 0.5) is 0 Å². The summed E-state index contributed by atoms with van der Waals surface area (Å²) in [5.41, 5.74) is 11.2. The lowest BCUT2D eigenvalue weighted by molar-refractivity contribution is -0.142. The van der Waals surface area contributed by atoms with Crippen molar-refractivity contribution in [2.45, 2.75) is 37.4 Å². The third-order valence-corrected chi connectivity index (χ3v) is 4.14. The zero-order valence-corrected chi connectivity index (χ0v) is 16.3. The summed E-state index contributed by atoms with van der Waals surface area (Å²) < 4.78 is 0. The van der Waals surface area contributed by atoms with Gasteiger partial charge in [-0.25, -0.2) is 4.79 Å². The lowest BCUT2D eigenvalue weighted by Gasteiger charge is -2.23. The minimum atomic E-state index is -1.27. The number of carbonyl (C=O) groups is 3. The van der Waals surface area contributed by atoms with E-state index in [2.05, 4.69) is 16.0 Å². The predicted octanol–water partition coefficient (Wildman–Crippen LogP) is -2.43. The Bertz CT molecular complexity index is 741. The number of hydrogen-bond donors (Lipinski definition) is 9. The van der Waals surface area contributed by atoms with E-state index in [1.54, 1.807) is 0 Å². The molecule has 3 atom stereocenters. The molecule has 166 valence electrons. The minimum Gasteiger partial charge on any atom is -0.508 e. The minimum absolute atomic E-state index is 0.0248. The van der Waals surface area contributed by atoms with Gasteiger partial charge in [0.1, 0.15) is 23.9 Å². The first-order valence-corrected chi connectivity index (χ1v) is 9.19. The van der Waals surface area contributed by atoms with Crippen molar-refractivity contribution in [1.82, 2.24) is 16.0 Å². The highest BCUT2D eigenvalue weighted by atomic mass is 16.4. The molecule has 0 aliphatic heterocycles. The second-order valence-electron chi connectivity index (χ2n) is 6.60. The molecule has 1 aromatic carbocycles. The number of phenols is 1. The fraction of sp³-hybridized carbons (Fsp3) is 0.444. The lowest BCUT2D eigenvalue weighted by Crippen LogP contribution is -2.55. The number of hydrogen-bond acceptors (Lipinski definition) is 7. The number of nitrogens with two attached hydrogens (primary N) is 2. The standard InChI is InChI=1S/C18H28N6O6/c19-12(9-25)15(27)23-13(2-1-7-22-18(20)21)16(28)24-14(17(29)30)8-10-3-5-11(26)6-4-10/h3-6,12-14,25-26H,1-2,7-9,19H2,(H,23,27)(H,24,28)(H,29,30)(H4,20,21,22)/t12-,13-,14-/m0/s1. The number of aromatic hydroxyl groups is 1. The average molecular weight is 424 g/mol. The summed E-state index contributed by atoms with van der Waals surface area (Å²) in [6, 6.07) is 2.25. The van der Waals surface area contributed by atoms with Gasteiger partial charge in [-0.1, -0.05) is 12.1 Å². The molecule has 0 aliphatic carbocycles. The van der Waals surface area contributed by atoms with Crippen molar-refractivity contribution in [3.63, 3.8) is 0 Å². The molecule has 0 radical (unpaired) electrons. The van der Waals surface area contributed by atoms with Crippen LogP contribution in [-0.2, 0) is 20.8 Å². The van der Waals surface area contributed by atoms with Crippen LogP contribution in [0.5, 0.6) is 5.75 Å². The van der Waals surface area contributed by atoms with Crippen molar-refractivity contribution >= 4 is 23.7 Å². The monoisotopic (exact) mass is 424 g/mol. The Labute approximate surface area is 173 Å². The maximum absolute atomic E-state index is 12.7. The van der Waals surface area contributed by atoms with Gasteiger partial charge in [-0.3, -0.25) is 15.0 Å². The molecule has 0 heterocycles. The highest BCUT2D eigenvalue weighted by Gasteiger charge is 2.27. The molecular formula is C18H28N6O6. The Morgan fingerprint density at radius 1 is 1.07 bits per heavy atom. The first kappa shape index (κ1) is 24.7. The number of guanidine groups is 1. The third kappa shape index (κ3) is 8.75. The molecule has 11 N–H and O–H groups in total. The van der Waals surface area contributed by atoms with Gasteiger partial charge >= 0.3 is 5.97 Å². The lowest BCUT2D eigenvalue weighted by atomic mass is 10.0. The number of carboxylic acid groups (broad SMARTS) is 1. The summed E-state index contributed by atoms with van der Waals surface area (Å²) in [5.74, 6) is -2.99. The molecule has 0 saturated heterocycles. The Morgan fingerprint density at radius 2 is 1.67 bits per heavy atom. The van der Waals surface area contributed by atoms with E-state index in [0.717, 1.165) is 0 Å². The smallest absolute Gasteiger partial charge is 0.326 e. The fourth-order valence-electron chi connectivity index (χ4n) is 2.50. The molecule has 2 amide bonds. The summed E-state index contributed by atoms with van der Waals surface area (Å²) >= 11 is 0. The summed E-state index contributed by atoms with van der Waals surface area (Å²) in [6.07, 6.45) is 0.410. The molecule has 0 spiro atoms. The van der Waals surface area contributed by atoms with Gasteiger partial charge in [-0.15, -0.1) is 0 Å². The van der Waals surface area contributed by atoms with Gasteiger partial charge in [0.05, 0.1) is 6.61 Å². The average Bonchev–Trinajstić information content (AvgIpc) is 2.70. The topological polar surface area (TPSA) is 224 Å². The van der Waals surface area contributed by atoms with Crippen LogP contribution in [0, 0.1) is 5.41 Å². The van der Waals surface area contributed by atoms with E-state index in [4.69, 9.17) is 22.0 Å². The largest absolute Gasteiger partial charge is 0.508 e. The molecular weight excluding hydrogens is 396 g/mol. The Balaban J connectivity index is 2.83.